The maximum atomic E-state index is 11.5. The van der Waals surface area contributed by atoms with Crippen molar-refractivity contribution >= 4 is 11.5 Å². The van der Waals surface area contributed by atoms with Crippen LogP contribution < -0.4 is 0 Å². The predicted molar refractivity (Wildman–Crippen MR) is 90.4 cm³/mol. The molecule has 0 aliphatic carbocycles. The average Bonchev–Trinajstić information content (AvgIpc) is 2.57. The van der Waals surface area contributed by atoms with Gasteiger partial charge in [0.05, 0.1) is 0 Å². The molecule has 0 unspecified atom stereocenters. The van der Waals surface area contributed by atoms with E-state index in [1.54, 1.807) is 6.92 Å². The van der Waals surface area contributed by atoms with Gasteiger partial charge < -0.3 is 4.90 Å². The van der Waals surface area contributed by atoms with Gasteiger partial charge in [-0.05, 0) is 29.5 Å². The lowest BCUT2D eigenvalue weighted by Crippen LogP contribution is -2.34. The van der Waals surface area contributed by atoms with Crippen LogP contribution in [0, 0.1) is 0 Å². The maximum absolute atomic E-state index is 11.5. The third-order valence-electron chi connectivity index (χ3n) is 4.29. The number of hydrogen-bond acceptors (Lipinski definition) is 1. The Morgan fingerprint density at radius 2 is 1.27 bits per heavy atom. The van der Waals surface area contributed by atoms with Crippen LogP contribution in [0.15, 0.2) is 66.2 Å². The van der Waals surface area contributed by atoms with Gasteiger partial charge >= 0.3 is 0 Å². The van der Waals surface area contributed by atoms with Gasteiger partial charge in [0, 0.05) is 20.0 Å². The Labute approximate surface area is 132 Å². The molecule has 0 radical (unpaired) electrons. The molecule has 0 saturated carbocycles. The molecule has 2 heteroatoms. The van der Waals surface area contributed by atoms with Gasteiger partial charge in [0.25, 0.3) is 0 Å². The Bertz CT molecular complexity index is 622. The summed E-state index contributed by atoms with van der Waals surface area (Å²) in [6, 6.07) is 21.1. The summed E-state index contributed by atoms with van der Waals surface area (Å²) in [5.41, 5.74) is 5.32. The van der Waals surface area contributed by atoms with Gasteiger partial charge in [-0.2, -0.15) is 0 Å². The lowest BCUT2D eigenvalue weighted by molar-refractivity contribution is -0.129. The van der Waals surface area contributed by atoms with Crippen molar-refractivity contribution in [1.82, 2.24) is 4.90 Å². The van der Waals surface area contributed by atoms with E-state index in [0.29, 0.717) is 0 Å². The Hall–Kier alpha value is -2.35. The number of rotatable bonds is 2. The molecule has 22 heavy (non-hydrogen) atoms. The lowest BCUT2D eigenvalue weighted by atomic mass is 9.88. The number of nitrogens with zero attached hydrogens (tertiary/aromatic N) is 1. The van der Waals surface area contributed by atoms with Crippen LogP contribution in [0.25, 0.3) is 5.57 Å². The van der Waals surface area contributed by atoms with E-state index in [2.05, 4.69) is 60.7 Å². The van der Waals surface area contributed by atoms with Crippen molar-refractivity contribution < 1.29 is 4.79 Å². The smallest absolute Gasteiger partial charge is 0.219 e. The number of amides is 1. The van der Waals surface area contributed by atoms with Crippen molar-refractivity contribution in [2.75, 3.05) is 13.1 Å². The van der Waals surface area contributed by atoms with Crippen LogP contribution >= 0.6 is 0 Å². The summed E-state index contributed by atoms with van der Waals surface area (Å²) in [7, 11) is 0. The summed E-state index contributed by atoms with van der Waals surface area (Å²) < 4.78 is 0. The molecule has 1 saturated heterocycles. The van der Waals surface area contributed by atoms with Crippen LogP contribution in [0.3, 0.4) is 0 Å². The summed E-state index contributed by atoms with van der Waals surface area (Å²) >= 11 is 0. The van der Waals surface area contributed by atoms with Crippen molar-refractivity contribution in [3.05, 3.63) is 77.4 Å². The maximum Gasteiger partial charge on any atom is 0.219 e. The summed E-state index contributed by atoms with van der Waals surface area (Å²) in [4.78, 5) is 13.5. The highest BCUT2D eigenvalue weighted by molar-refractivity contribution is 5.82. The molecule has 0 bridgehead atoms. The minimum Gasteiger partial charge on any atom is -0.342 e. The summed E-state index contributed by atoms with van der Waals surface area (Å²) in [5.74, 6) is 0.181. The Morgan fingerprint density at radius 1 is 0.818 bits per heavy atom. The van der Waals surface area contributed by atoms with Gasteiger partial charge in [0.15, 0.2) is 0 Å². The van der Waals surface area contributed by atoms with Gasteiger partial charge in [-0.3, -0.25) is 4.79 Å². The molecule has 112 valence electrons. The third-order valence-corrected chi connectivity index (χ3v) is 4.29. The van der Waals surface area contributed by atoms with E-state index in [0.717, 1.165) is 25.9 Å². The quantitative estimate of drug-likeness (QED) is 0.814. The largest absolute Gasteiger partial charge is 0.342 e. The molecule has 1 heterocycles. The monoisotopic (exact) mass is 291 g/mol. The third kappa shape index (κ3) is 3.11. The standard InChI is InChI=1S/C20H21NO/c1-16(22)21-14-12-19(13-15-21)20(17-8-4-2-5-9-17)18-10-6-3-7-11-18/h2-11H,12-15H2,1H3. The Morgan fingerprint density at radius 3 is 1.68 bits per heavy atom. The molecule has 1 aliphatic rings. The number of carbonyl (C=O) groups excluding carboxylic acids is 1. The minimum atomic E-state index is 0.181. The molecule has 2 aromatic carbocycles. The fraction of sp³-hybridized carbons (Fsp3) is 0.250. The van der Waals surface area contributed by atoms with Crippen LogP contribution in [-0.2, 0) is 4.79 Å². The topological polar surface area (TPSA) is 20.3 Å². The molecule has 1 amide bonds. The molecule has 0 spiro atoms. The second kappa shape index (κ2) is 6.61. The minimum absolute atomic E-state index is 0.181. The molecule has 2 nitrogen and oxygen atoms in total. The van der Waals surface area contributed by atoms with Crippen molar-refractivity contribution in [2.24, 2.45) is 0 Å². The van der Waals surface area contributed by atoms with Crippen molar-refractivity contribution in [2.45, 2.75) is 19.8 Å². The van der Waals surface area contributed by atoms with E-state index in [4.69, 9.17) is 0 Å². The van der Waals surface area contributed by atoms with E-state index in [1.165, 1.54) is 22.3 Å². The number of carbonyl (C=O) groups is 1. The molecular weight excluding hydrogens is 270 g/mol. The lowest BCUT2D eigenvalue weighted by Gasteiger charge is -2.29. The van der Waals surface area contributed by atoms with Gasteiger partial charge in [-0.1, -0.05) is 66.2 Å². The highest BCUT2D eigenvalue weighted by atomic mass is 16.2. The predicted octanol–water partition coefficient (Wildman–Crippen LogP) is 4.13. The molecule has 2 aromatic rings. The first-order valence-electron chi connectivity index (χ1n) is 7.84. The zero-order chi connectivity index (χ0) is 15.4. The van der Waals surface area contributed by atoms with E-state index < -0.39 is 0 Å². The molecule has 1 fully saturated rings. The average molecular weight is 291 g/mol. The van der Waals surface area contributed by atoms with Crippen LogP contribution in [-0.4, -0.2) is 23.9 Å². The van der Waals surface area contributed by atoms with Gasteiger partial charge in [0.2, 0.25) is 5.91 Å². The first-order chi connectivity index (χ1) is 10.8. The van der Waals surface area contributed by atoms with Gasteiger partial charge in [0.1, 0.15) is 0 Å². The number of hydrogen-bond donors (Lipinski definition) is 0. The molecule has 1 aliphatic heterocycles. The zero-order valence-corrected chi connectivity index (χ0v) is 13.0. The van der Waals surface area contributed by atoms with Crippen molar-refractivity contribution in [1.29, 1.82) is 0 Å². The SMILES string of the molecule is CC(=O)N1CCC(=C(c2ccccc2)c2ccccc2)CC1. The second-order valence-electron chi connectivity index (χ2n) is 5.72. The number of benzene rings is 2. The van der Waals surface area contributed by atoms with E-state index >= 15 is 0 Å². The van der Waals surface area contributed by atoms with Crippen molar-refractivity contribution in [3.8, 4) is 0 Å². The molecule has 0 atom stereocenters. The fourth-order valence-electron chi connectivity index (χ4n) is 3.13. The molecule has 0 aromatic heterocycles. The highest BCUT2D eigenvalue weighted by Gasteiger charge is 2.19. The van der Waals surface area contributed by atoms with Gasteiger partial charge in [-0.15, -0.1) is 0 Å². The Kier molecular flexibility index (Phi) is 4.38. The van der Waals surface area contributed by atoms with Crippen LogP contribution in [0.5, 0.6) is 0 Å². The fourth-order valence-corrected chi connectivity index (χ4v) is 3.13. The highest BCUT2D eigenvalue weighted by Crippen LogP contribution is 2.32. The molecule has 3 rings (SSSR count). The Balaban J connectivity index is 2.00. The normalized spacial score (nSPS) is 14.8. The van der Waals surface area contributed by atoms with Gasteiger partial charge in [-0.25, -0.2) is 0 Å². The van der Waals surface area contributed by atoms with Crippen LogP contribution in [0.2, 0.25) is 0 Å². The van der Waals surface area contributed by atoms with E-state index in [1.807, 2.05) is 4.90 Å². The second-order valence-corrected chi connectivity index (χ2v) is 5.72. The first kappa shape index (κ1) is 14.6. The van der Waals surface area contributed by atoms with Crippen LogP contribution in [0.1, 0.15) is 30.9 Å². The first-order valence-corrected chi connectivity index (χ1v) is 7.84. The van der Waals surface area contributed by atoms with E-state index in [-0.39, 0.29) is 5.91 Å². The van der Waals surface area contributed by atoms with E-state index in [9.17, 15) is 4.79 Å². The van der Waals surface area contributed by atoms with Crippen LogP contribution in [0.4, 0.5) is 0 Å². The number of piperidine rings is 1. The zero-order valence-electron chi connectivity index (χ0n) is 13.0. The molecular formula is C20H21NO. The number of likely N-dealkylation sites (tertiary alicyclic amines) is 1. The summed E-state index contributed by atoms with van der Waals surface area (Å²) in [6.45, 7) is 3.31. The molecule has 0 N–H and O–H groups in total. The summed E-state index contributed by atoms with van der Waals surface area (Å²) in [5, 5.41) is 0. The summed E-state index contributed by atoms with van der Waals surface area (Å²) in [6.07, 6.45) is 1.91. The van der Waals surface area contributed by atoms with Crippen molar-refractivity contribution in [3.63, 3.8) is 0 Å².